The number of fused-ring (bicyclic) bond motifs is 1. The van der Waals surface area contributed by atoms with E-state index in [1.54, 1.807) is 20.0 Å². The van der Waals surface area contributed by atoms with Crippen LogP contribution in [0.3, 0.4) is 0 Å². The number of rotatable bonds is 17. The normalized spacial score (nSPS) is 14.2. The molecule has 0 saturated heterocycles. The van der Waals surface area contributed by atoms with Crippen LogP contribution >= 0.6 is 0 Å². The van der Waals surface area contributed by atoms with Gasteiger partial charge in [-0.1, -0.05) is 32.0 Å². The number of carbonyl (C=O) groups excluding carboxylic acids is 3. The number of aromatic nitrogens is 1. The van der Waals surface area contributed by atoms with Crippen molar-refractivity contribution in [1.29, 1.82) is 0 Å². The van der Waals surface area contributed by atoms with Crippen molar-refractivity contribution in [3.63, 3.8) is 0 Å². The first kappa shape index (κ1) is 32.2. The van der Waals surface area contributed by atoms with E-state index in [-0.39, 0.29) is 25.2 Å². The molecule has 2 rings (SSSR count). The number of amides is 3. The third kappa shape index (κ3) is 9.65. The molecule has 1 aromatic heterocycles. The molecule has 0 aliphatic carbocycles. The van der Waals surface area contributed by atoms with Gasteiger partial charge >= 0.3 is 11.9 Å². The average molecular weight is 561 g/mol. The number of H-pyrrole nitrogens is 1. The highest BCUT2D eigenvalue weighted by Crippen LogP contribution is 2.19. The van der Waals surface area contributed by atoms with E-state index in [0.29, 0.717) is 19.4 Å². The highest BCUT2D eigenvalue weighted by atomic mass is 16.4. The standard InChI is InChI=1S/C27H40N6O7/c1-15(2)23(29)26(38)33-21(13-16-14-30-18-8-4-3-7-17(16)18)25(37)31-19(10-11-22(34)35)24(36)32-20(27(39)40)9-5-6-12-28/h3-4,7-8,14-15,19-21,23,30H,5-6,9-13,28-29H2,1-2H3,(H,31,37)(H,32,36)(H,33,38)(H,34,35)(H,39,40). The molecule has 4 atom stereocenters. The van der Waals surface area contributed by atoms with Crippen molar-refractivity contribution in [1.82, 2.24) is 20.9 Å². The van der Waals surface area contributed by atoms with E-state index < -0.39 is 60.2 Å². The van der Waals surface area contributed by atoms with Crippen LogP contribution in [-0.2, 0) is 30.4 Å². The first-order chi connectivity index (χ1) is 18.9. The number of nitrogens with one attached hydrogen (secondary N) is 4. The van der Waals surface area contributed by atoms with Gasteiger partial charge in [-0.15, -0.1) is 0 Å². The molecule has 4 unspecified atom stereocenters. The second kappa shape index (κ2) is 15.6. The number of carboxylic acids is 2. The number of para-hydroxylation sites is 1. The highest BCUT2D eigenvalue weighted by Gasteiger charge is 2.31. The van der Waals surface area contributed by atoms with Crippen molar-refractivity contribution >= 4 is 40.6 Å². The molecule has 0 saturated carbocycles. The molecule has 1 aromatic carbocycles. The largest absolute Gasteiger partial charge is 0.481 e. The van der Waals surface area contributed by atoms with Crippen LogP contribution in [0.4, 0.5) is 0 Å². The van der Waals surface area contributed by atoms with Crippen LogP contribution in [0.2, 0.25) is 0 Å². The predicted octanol–water partition coefficient (Wildman–Crippen LogP) is 0.227. The average Bonchev–Trinajstić information content (AvgIpc) is 3.31. The highest BCUT2D eigenvalue weighted by molar-refractivity contribution is 5.95. The summed E-state index contributed by atoms with van der Waals surface area (Å²) in [6.07, 6.45) is 2.15. The number of carboxylic acid groups (broad SMARTS) is 2. The predicted molar refractivity (Wildman–Crippen MR) is 148 cm³/mol. The second-order valence-electron chi connectivity index (χ2n) is 10.1. The fourth-order valence-corrected chi connectivity index (χ4v) is 4.13. The Kier molecular flexibility index (Phi) is 12.6. The topological polar surface area (TPSA) is 230 Å². The van der Waals surface area contributed by atoms with Gasteiger partial charge in [-0.25, -0.2) is 4.79 Å². The summed E-state index contributed by atoms with van der Waals surface area (Å²) in [6, 6.07) is 2.75. The van der Waals surface area contributed by atoms with E-state index in [4.69, 9.17) is 11.5 Å². The molecule has 220 valence electrons. The Labute approximate surface area is 232 Å². The first-order valence-electron chi connectivity index (χ1n) is 13.3. The molecule has 1 heterocycles. The molecule has 10 N–H and O–H groups in total. The lowest BCUT2D eigenvalue weighted by Crippen LogP contribution is -2.58. The van der Waals surface area contributed by atoms with Gasteiger partial charge in [-0.3, -0.25) is 19.2 Å². The van der Waals surface area contributed by atoms with Crippen LogP contribution in [-0.4, -0.2) is 75.6 Å². The monoisotopic (exact) mass is 560 g/mol. The molecular weight excluding hydrogens is 520 g/mol. The molecule has 0 spiro atoms. The third-order valence-electron chi connectivity index (χ3n) is 6.59. The van der Waals surface area contributed by atoms with E-state index in [1.165, 1.54) is 0 Å². The van der Waals surface area contributed by atoms with Gasteiger partial charge in [0.1, 0.15) is 18.1 Å². The molecule has 40 heavy (non-hydrogen) atoms. The van der Waals surface area contributed by atoms with Crippen molar-refractivity contribution in [3.05, 3.63) is 36.0 Å². The Morgan fingerprint density at radius 3 is 2.12 bits per heavy atom. The number of aliphatic carboxylic acids is 2. The third-order valence-corrected chi connectivity index (χ3v) is 6.59. The maximum atomic E-state index is 13.5. The van der Waals surface area contributed by atoms with Crippen LogP contribution in [0.15, 0.2) is 30.5 Å². The van der Waals surface area contributed by atoms with E-state index >= 15 is 0 Å². The lowest BCUT2D eigenvalue weighted by atomic mass is 10.0. The number of aromatic amines is 1. The fourth-order valence-electron chi connectivity index (χ4n) is 4.13. The molecular formula is C27H40N6O7. The van der Waals surface area contributed by atoms with Gasteiger partial charge in [0.15, 0.2) is 0 Å². The number of hydrogen-bond acceptors (Lipinski definition) is 7. The zero-order chi connectivity index (χ0) is 29.8. The summed E-state index contributed by atoms with van der Waals surface area (Å²) in [5.74, 6) is -4.82. The molecule has 13 nitrogen and oxygen atoms in total. The minimum absolute atomic E-state index is 0.0521. The minimum atomic E-state index is -1.36. The summed E-state index contributed by atoms with van der Waals surface area (Å²) in [5, 5.41) is 27.1. The summed E-state index contributed by atoms with van der Waals surface area (Å²) in [4.78, 5) is 65.4. The number of unbranched alkanes of at least 4 members (excludes halogenated alkanes) is 1. The molecule has 3 amide bonds. The maximum absolute atomic E-state index is 13.5. The maximum Gasteiger partial charge on any atom is 0.326 e. The molecule has 0 radical (unpaired) electrons. The number of benzene rings is 1. The van der Waals surface area contributed by atoms with Crippen LogP contribution in [0.25, 0.3) is 10.9 Å². The van der Waals surface area contributed by atoms with Crippen LogP contribution in [0.1, 0.15) is 51.5 Å². The Hall–Kier alpha value is -3.97. The van der Waals surface area contributed by atoms with E-state index in [9.17, 15) is 34.2 Å². The summed E-state index contributed by atoms with van der Waals surface area (Å²) >= 11 is 0. The summed E-state index contributed by atoms with van der Waals surface area (Å²) in [5.41, 5.74) is 13.0. The van der Waals surface area contributed by atoms with E-state index in [2.05, 4.69) is 20.9 Å². The zero-order valence-electron chi connectivity index (χ0n) is 22.8. The van der Waals surface area contributed by atoms with Crippen molar-refractivity contribution in [2.45, 2.75) is 76.5 Å². The summed E-state index contributed by atoms with van der Waals surface area (Å²) < 4.78 is 0. The van der Waals surface area contributed by atoms with Crippen molar-refractivity contribution in [3.8, 4) is 0 Å². The SMILES string of the molecule is CC(C)C(N)C(=O)NC(Cc1c[nH]c2ccccc12)C(=O)NC(CCC(=O)O)C(=O)NC(CCCCN)C(=O)O. The van der Waals surface area contributed by atoms with Gasteiger partial charge in [0, 0.05) is 29.9 Å². The van der Waals surface area contributed by atoms with Crippen LogP contribution in [0, 0.1) is 5.92 Å². The summed E-state index contributed by atoms with van der Waals surface area (Å²) in [7, 11) is 0. The molecule has 0 fully saturated rings. The summed E-state index contributed by atoms with van der Waals surface area (Å²) in [6.45, 7) is 3.89. The molecule has 0 bridgehead atoms. The fraction of sp³-hybridized carbons (Fsp3) is 0.519. The lowest BCUT2D eigenvalue weighted by molar-refractivity contribution is -0.143. The molecule has 0 aliphatic heterocycles. The Bertz CT molecular complexity index is 1180. The Balaban J connectivity index is 2.29. The Morgan fingerprint density at radius 1 is 0.875 bits per heavy atom. The van der Waals surface area contributed by atoms with Crippen molar-refractivity contribution in [2.75, 3.05) is 6.54 Å². The van der Waals surface area contributed by atoms with Crippen molar-refractivity contribution in [2.24, 2.45) is 17.4 Å². The first-order valence-corrected chi connectivity index (χ1v) is 13.3. The molecule has 0 aliphatic rings. The molecule has 2 aromatic rings. The van der Waals surface area contributed by atoms with Gasteiger partial charge in [0.2, 0.25) is 17.7 Å². The van der Waals surface area contributed by atoms with Crippen LogP contribution in [0.5, 0.6) is 0 Å². The van der Waals surface area contributed by atoms with Gasteiger partial charge in [0.05, 0.1) is 6.04 Å². The quantitative estimate of drug-likeness (QED) is 0.124. The van der Waals surface area contributed by atoms with Crippen molar-refractivity contribution < 1.29 is 34.2 Å². The Morgan fingerprint density at radius 2 is 1.50 bits per heavy atom. The van der Waals surface area contributed by atoms with Gasteiger partial charge in [0.25, 0.3) is 0 Å². The van der Waals surface area contributed by atoms with Gasteiger partial charge in [-0.05, 0) is 49.8 Å². The van der Waals surface area contributed by atoms with E-state index in [1.807, 2.05) is 24.3 Å². The number of carbonyl (C=O) groups is 5. The minimum Gasteiger partial charge on any atom is -0.481 e. The van der Waals surface area contributed by atoms with Gasteiger partial charge < -0.3 is 42.6 Å². The number of hydrogen-bond donors (Lipinski definition) is 8. The van der Waals surface area contributed by atoms with E-state index in [0.717, 1.165) is 16.5 Å². The smallest absolute Gasteiger partial charge is 0.326 e. The lowest BCUT2D eigenvalue weighted by Gasteiger charge is -2.25. The number of nitrogens with two attached hydrogens (primary N) is 2. The second-order valence-corrected chi connectivity index (χ2v) is 10.1. The zero-order valence-corrected chi connectivity index (χ0v) is 22.8. The van der Waals surface area contributed by atoms with Gasteiger partial charge in [-0.2, -0.15) is 0 Å². The van der Waals surface area contributed by atoms with Crippen LogP contribution < -0.4 is 27.4 Å². The molecule has 13 heteroatoms.